The van der Waals surface area contributed by atoms with Gasteiger partial charge in [-0.25, -0.2) is 0 Å². The van der Waals surface area contributed by atoms with Crippen LogP contribution in [0.15, 0.2) is 18.3 Å². The Balaban J connectivity index is 2.29. The largest absolute Gasteiger partial charge is 0.313 e. The molecule has 1 aliphatic heterocycles. The van der Waals surface area contributed by atoms with Gasteiger partial charge in [0.2, 0.25) is 0 Å². The molecular formula is C12H12ClN3. The highest BCUT2D eigenvalue weighted by atomic mass is 35.5. The van der Waals surface area contributed by atoms with Crippen LogP contribution >= 0.6 is 11.6 Å². The summed E-state index contributed by atoms with van der Waals surface area (Å²) in [5.74, 6) is 0. The van der Waals surface area contributed by atoms with E-state index in [4.69, 9.17) is 16.9 Å². The smallest absolute Gasteiger partial charge is 0.0845 e. The SMILES string of the molecule is N#CCc1cnc(C2=CCNCC2)c(Cl)c1. The topological polar surface area (TPSA) is 48.7 Å². The third kappa shape index (κ3) is 2.41. The van der Waals surface area contributed by atoms with Crippen LogP contribution in [0.3, 0.4) is 0 Å². The first-order valence-corrected chi connectivity index (χ1v) is 5.60. The summed E-state index contributed by atoms with van der Waals surface area (Å²) in [5, 5.41) is 12.5. The highest BCUT2D eigenvalue weighted by Crippen LogP contribution is 2.25. The van der Waals surface area contributed by atoms with Crippen molar-refractivity contribution < 1.29 is 0 Å². The maximum atomic E-state index is 8.59. The summed E-state index contributed by atoms with van der Waals surface area (Å²) in [6.45, 7) is 1.83. The fourth-order valence-corrected chi connectivity index (χ4v) is 2.05. The van der Waals surface area contributed by atoms with E-state index >= 15 is 0 Å². The molecule has 0 bridgehead atoms. The lowest BCUT2D eigenvalue weighted by atomic mass is 10.0. The van der Waals surface area contributed by atoms with E-state index in [1.165, 1.54) is 5.57 Å². The summed E-state index contributed by atoms with van der Waals surface area (Å²) in [4.78, 5) is 4.34. The molecule has 1 aliphatic rings. The van der Waals surface area contributed by atoms with Gasteiger partial charge >= 0.3 is 0 Å². The molecular weight excluding hydrogens is 222 g/mol. The average molecular weight is 234 g/mol. The van der Waals surface area contributed by atoms with Gasteiger partial charge in [-0.2, -0.15) is 5.26 Å². The molecule has 0 saturated heterocycles. The molecule has 2 heterocycles. The molecule has 1 N–H and O–H groups in total. The number of hydrogen-bond acceptors (Lipinski definition) is 3. The summed E-state index contributed by atoms with van der Waals surface area (Å²) in [5.41, 5.74) is 2.91. The molecule has 0 unspecified atom stereocenters. The summed E-state index contributed by atoms with van der Waals surface area (Å²) in [6.07, 6.45) is 5.15. The highest BCUT2D eigenvalue weighted by molar-refractivity contribution is 6.32. The van der Waals surface area contributed by atoms with Gasteiger partial charge in [0.25, 0.3) is 0 Å². The number of nitrogens with zero attached hydrogens (tertiary/aromatic N) is 2. The zero-order chi connectivity index (χ0) is 11.4. The minimum Gasteiger partial charge on any atom is -0.313 e. The standard InChI is InChI=1S/C12H12ClN3/c13-11-7-9(1-4-14)8-16-12(11)10-2-5-15-6-3-10/h2,7-8,15H,1,3,5-6H2. The Morgan fingerprint density at radius 2 is 2.44 bits per heavy atom. The maximum Gasteiger partial charge on any atom is 0.0845 e. The predicted octanol–water partition coefficient (Wildman–Crippen LogP) is 2.18. The average Bonchev–Trinajstić information content (AvgIpc) is 2.31. The molecule has 3 nitrogen and oxygen atoms in total. The third-order valence-corrected chi connectivity index (χ3v) is 2.84. The van der Waals surface area contributed by atoms with Gasteiger partial charge in [0.1, 0.15) is 0 Å². The van der Waals surface area contributed by atoms with Crippen LogP contribution in [0.25, 0.3) is 5.57 Å². The lowest BCUT2D eigenvalue weighted by molar-refractivity contribution is 0.737. The first-order chi connectivity index (χ1) is 7.81. The Bertz CT molecular complexity index is 460. The Hall–Kier alpha value is -1.37. The van der Waals surface area contributed by atoms with Crippen LogP contribution in [-0.4, -0.2) is 18.1 Å². The van der Waals surface area contributed by atoms with Crippen LogP contribution in [0.5, 0.6) is 0 Å². The van der Waals surface area contributed by atoms with Gasteiger partial charge in [-0.3, -0.25) is 4.98 Å². The van der Waals surface area contributed by atoms with Gasteiger partial charge < -0.3 is 5.32 Å². The highest BCUT2D eigenvalue weighted by Gasteiger charge is 2.11. The molecule has 82 valence electrons. The number of halogens is 1. The number of nitrogens with one attached hydrogen (secondary N) is 1. The number of nitriles is 1. The van der Waals surface area contributed by atoms with Crippen molar-refractivity contribution in [3.8, 4) is 6.07 Å². The Labute approximate surface area is 99.8 Å². The number of hydrogen-bond donors (Lipinski definition) is 1. The van der Waals surface area contributed by atoms with E-state index < -0.39 is 0 Å². The molecule has 0 spiro atoms. The lowest BCUT2D eigenvalue weighted by Crippen LogP contribution is -2.20. The van der Waals surface area contributed by atoms with Crippen LogP contribution in [-0.2, 0) is 6.42 Å². The fourth-order valence-electron chi connectivity index (χ4n) is 1.74. The zero-order valence-electron chi connectivity index (χ0n) is 8.83. The first-order valence-electron chi connectivity index (χ1n) is 5.23. The molecule has 0 aliphatic carbocycles. The zero-order valence-corrected chi connectivity index (χ0v) is 9.59. The third-order valence-electron chi connectivity index (χ3n) is 2.55. The van der Waals surface area contributed by atoms with E-state index in [-0.39, 0.29) is 0 Å². The van der Waals surface area contributed by atoms with Crippen molar-refractivity contribution in [3.05, 3.63) is 34.6 Å². The van der Waals surface area contributed by atoms with Crippen LogP contribution in [0.1, 0.15) is 17.7 Å². The van der Waals surface area contributed by atoms with Crippen molar-refractivity contribution in [2.75, 3.05) is 13.1 Å². The molecule has 2 rings (SSSR count). The predicted molar refractivity (Wildman–Crippen MR) is 64.0 cm³/mol. The van der Waals surface area contributed by atoms with Crippen molar-refractivity contribution in [2.24, 2.45) is 0 Å². The lowest BCUT2D eigenvalue weighted by Gasteiger charge is -2.14. The molecule has 1 aromatic rings. The quantitative estimate of drug-likeness (QED) is 0.852. The molecule has 0 saturated carbocycles. The van der Waals surface area contributed by atoms with Gasteiger partial charge in [-0.15, -0.1) is 0 Å². The van der Waals surface area contributed by atoms with E-state index in [9.17, 15) is 0 Å². The second-order valence-electron chi connectivity index (χ2n) is 3.69. The minimum atomic E-state index is 0.355. The van der Waals surface area contributed by atoms with Crippen LogP contribution in [0, 0.1) is 11.3 Å². The molecule has 0 aromatic carbocycles. The van der Waals surface area contributed by atoms with Crippen molar-refractivity contribution in [2.45, 2.75) is 12.8 Å². The van der Waals surface area contributed by atoms with Gasteiger partial charge in [-0.05, 0) is 30.2 Å². The Kier molecular flexibility index (Phi) is 3.55. The number of pyridine rings is 1. The molecule has 0 radical (unpaired) electrons. The molecule has 0 fully saturated rings. The van der Waals surface area contributed by atoms with Crippen molar-refractivity contribution in [3.63, 3.8) is 0 Å². The van der Waals surface area contributed by atoms with E-state index in [0.29, 0.717) is 11.4 Å². The molecule has 0 atom stereocenters. The number of aromatic nitrogens is 1. The van der Waals surface area contributed by atoms with Crippen molar-refractivity contribution in [1.29, 1.82) is 5.26 Å². The van der Waals surface area contributed by atoms with E-state index in [1.54, 1.807) is 6.20 Å². The van der Waals surface area contributed by atoms with Crippen molar-refractivity contribution in [1.82, 2.24) is 10.3 Å². The number of rotatable bonds is 2. The van der Waals surface area contributed by atoms with Gasteiger partial charge in [0.15, 0.2) is 0 Å². The normalized spacial score (nSPS) is 15.4. The molecule has 16 heavy (non-hydrogen) atoms. The van der Waals surface area contributed by atoms with Crippen LogP contribution in [0.4, 0.5) is 0 Å². The van der Waals surface area contributed by atoms with Gasteiger partial charge in [-0.1, -0.05) is 17.7 Å². The van der Waals surface area contributed by atoms with E-state index in [2.05, 4.69) is 22.4 Å². The van der Waals surface area contributed by atoms with Crippen LogP contribution in [0.2, 0.25) is 5.02 Å². The summed E-state index contributed by atoms with van der Waals surface area (Å²) < 4.78 is 0. The van der Waals surface area contributed by atoms with Crippen LogP contribution < -0.4 is 5.32 Å². The van der Waals surface area contributed by atoms with E-state index in [1.807, 2.05) is 6.07 Å². The first kappa shape index (κ1) is 11.1. The second-order valence-corrected chi connectivity index (χ2v) is 4.10. The summed E-state index contributed by atoms with van der Waals surface area (Å²) in [6, 6.07) is 3.92. The Morgan fingerprint density at radius 1 is 1.56 bits per heavy atom. The second kappa shape index (κ2) is 5.11. The molecule has 0 amide bonds. The maximum absolute atomic E-state index is 8.59. The fraction of sp³-hybridized carbons (Fsp3) is 0.333. The monoisotopic (exact) mass is 233 g/mol. The molecule has 1 aromatic heterocycles. The van der Waals surface area contributed by atoms with E-state index in [0.717, 1.165) is 30.8 Å². The van der Waals surface area contributed by atoms with Gasteiger partial charge in [0.05, 0.1) is 23.2 Å². The summed E-state index contributed by atoms with van der Waals surface area (Å²) >= 11 is 6.17. The minimum absolute atomic E-state index is 0.355. The van der Waals surface area contributed by atoms with Gasteiger partial charge in [0, 0.05) is 12.7 Å². The van der Waals surface area contributed by atoms with Crippen molar-refractivity contribution >= 4 is 17.2 Å². The summed E-state index contributed by atoms with van der Waals surface area (Å²) in [7, 11) is 0. The molecule has 4 heteroatoms. The Morgan fingerprint density at radius 3 is 3.06 bits per heavy atom.